The molecule has 0 aromatic carbocycles. The van der Waals surface area contributed by atoms with Gasteiger partial charge in [0.15, 0.2) is 0 Å². The Morgan fingerprint density at radius 1 is 0.625 bits per heavy atom. The van der Waals surface area contributed by atoms with Crippen molar-refractivity contribution in [2.75, 3.05) is 13.2 Å². The number of hydrogen-bond donors (Lipinski definition) is 3. The van der Waals surface area contributed by atoms with E-state index in [0.717, 1.165) is 12.8 Å². The van der Waals surface area contributed by atoms with E-state index in [9.17, 15) is 5.11 Å². The van der Waals surface area contributed by atoms with Crippen molar-refractivity contribution in [2.45, 2.75) is 109 Å². The molecule has 0 atom stereocenters. The molecule has 3 nitrogen and oxygen atoms in total. The van der Waals surface area contributed by atoms with E-state index >= 15 is 0 Å². The molecule has 3 N–H and O–H groups in total. The summed E-state index contributed by atoms with van der Waals surface area (Å²) in [6.07, 6.45) is 22.7. The van der Waals surface area contributed by atoms with Crippen LogP contribution >= 0.6 is 0 Å². The fourth-order valence-electron chi connectivity index (χ4n) is 2.91. The molecule has 0 amide bonds. The highest BCUT2D eigenvalue weighted by molar-refractivity contribution is 4.81. The largest absolute Gasteiger partial charge is 0.393 e. The van der Waals surface area contributed by atoms with Gasteiger partial charge in [0.2, 0.25) is 0 Å². The van der Waals surface area contributed by atoms with Crippen LogP contribution in [0.3, 0.4) is 0 Å². The molecule has 24 heavy (non-hydrogen) atoms. The number of unbranched alkanes of at least 4 members (excludes halogenated alkanes) is 12. The maximum atomic E-state index is 9.74. The van der Waals surface area contributed by atoms with Crippen LogP contribution in [0.1, 0.15) is 103 Å². The molecular formula is C21H42O3. The average Bonchev–Trinajstić information content (AvgIpc) is 2.61. The second-order valence-corrected chi connectivity index (χ2v) is 7.23. The van der Waals surface area contributed by atoms with Gasteiger partial charge < -0.3 is 15.3 Å². The van der Waals surface area contributed by atoms with Gasteiger partial charge in [0.1, 0.15) is 5.60 Å². The van der Waals surface area contributed by atoms with Gasteiger partial charge in [-0.25, -0.2) is 0 Å². The van der Waals surface area contributed by atoms with Crippen molar-refractivity contribution in [3.63, 3.8) is 0 Å². The maximum absolute atomic E-state index is 9.74. The molecule has 0 heterocycles. The number of hydrogen-bond acceptors (Lipinski definition) is 3. The minimum Gasteiger partial charge on any atom is -0.393 e. The summed E-state index contributed by atoms with van der Waals surface area (Å²) in [5.74, 6) is 0. The zero-order chi connectivity index (χ0) is 17.9. The smallest absolute Gasteiger partial charge is 0.111 e. The third-order valence-electron chi connectivity index (χ3n) is 4.74. The molecule has 0 saturated carbocycles. The molecule has 0 aromatic heterocycles. The van der Waals surface area contributed by atoms with Crippen molar-refractivity contribution in [3.8, 4) is 0 Å². The van der Waals surface area contributed by atoms with Crippen LogP contribution in [-0.2, 0) is 0 Å². The van der Waals surface area contributed by atoms with Gasteiger partial charge in [-0.1, -0.05) is 83.3 Å². The van der Waals surface area contributed by atoms with E-state index in [-0.39, 0.29) is 13.2 Å². The molecule has 144 valence electrons. The summed E-state index contributed by atoms with van der Waals surface area (Å²) in [6.45, 7) is 1.56. The standard InChI is InChI=1S/C21H42O3/c1-2-3-4-5-6-7-8-9-10-11-12-13-14-15-16-17-18-21(24,19-22)20-23/h9-10,22-24H,2-8,11-20H2,1H3/b10-9+. The molecule has 0 aromatic rings. The van der Waals surface area contributed by atoms with Gasteiger partial charge in [0.05, 0.1) is 13.2 Å². The monoisotopic (exact) mass is 342 g/mol. The Morgan fingerprint density at radius 2 is 1.04 bits per heavy atom. The first-order valence-electron chi connectivity index (χ1n) is 10.3. The van der Waals surface area contributed by atoms with Crippen molar-refractivity contribution in [1.29, 1.82) is 0 Å². The number of allylic oxidation sites excluding steroid dienone is 2. The normalized spacial score (nSPS) is 12.3. The summed E-state index contributed by atoms with van der Waals surface area (Å²) >= 11 is 0. The van der Waals surface area contributed by atoms with Crippen LogP contribution < -0.4 is 0 Å². The van der Waals surface area contributed by atoms with Gasteiger partial charge in [0.25, 0.3) is 0 Å². The van der Waals surface area contributed by atoms with Crippen molar-refractivity contribution in [2.24, 2.45) is 0 Å². The topological polar surface area (TPSA) is 60.7 Å². The highest BCUT2D eigenvalue weighted by atomic mass is 16.4. The molecule has 0 rings (SSSR count). The van der Waals surface area contributed by atoms with Crippen LogP contribution in [0, 0.1) is 0 Å². The molecule has 0 unspecified atom stereocenters. The predicted molar refractivity (Wildman–Crippen MR) is 103 cm³/mol. The first-order chi connectivity index (χ1) is 11.7. The first-order valence-corrected chi connectivity index (χ1v) is 10.3. The van der Waals surface area contributed by atoms with Crippen LogP contribution in [0.5, 0.6) is 0 Å². The Bertz CT molecular complexity index is 272. The molecule has 0 bridgehead atoms. The first kappa shape index (κ1) is 23.6. The summed E-state index contributed by atoms with van der Waals surface area (Å²) < 4.78 is 0. The quantitative estimate of drug-likeness (QED) is 0.239. The second kappa shape index (κ2) is 17.4. The predicted octanol–water partition coefficient (Wildman–Crippen LogP) is 5.13. The lowest BCUT2D eigenvalue weighted by atomic mass is 9.97. The molecule has 0 aliphatic rings. The zero-order valence-corrected chi connectivity index (χ0v) is 16.0. The maximum Gasteiger partial charge on any atom is 0.111 e. The lowest BCUT2D eigenvalue weighted by Gasteiger charge is -2.22. The van der Waals surface area contributed by atoms with Crippen molar-refractivity contribution in [3.05, 3.63) is 12.2 Å². The fourth-order valence-corrected chi connectivity index (χ4v) is 2.91. The molecule has 0 saturated heterocycles. The molecule has 0 radical (unpaired) electrons. The Kier molecular flexibility index (Phi) is 17.2. The Morgan fingerprint density at radius 3 is 1.50 bits per heavy atom. The molecule has 0 aliphatic carbocycles. The van der Waals surface area contributed by atoms with Gasteiger partial charge in [-0.05, 0) is 32.1 Å². The summed E-state index contributed by atoms with van der Waals surface area (Å²) in [4.78, 5) is 0. The summed E-state index contributed by atoms with van der Waals surface area (Å²) in [6, 6.07) is 0. The van der Waals surface area contributed by atoms with E-state index in [1.807, 2.05) is 0 Å². The van der Waals surface area contributed by atoms with Crippen molar-refractivity contribution in [1.82, 2.24) is 0 Å². The molecular weight excluding hydrogens is 300 g/mol. The Balaban J connectivity index is 3.23. The van der Waals surface area contributed by atoms with E-state index in [1.165, 1.54) is 77.0 Å². The SMILES string of the molecule is CCCCCCCC/C=C/CCCCCCCCC(O)(CO)CO. The zero-order valence-electron chi connectivity index (χ0n) is 16.0. The molecule has 0 fully saturated rings. The van der Waals surface area contributed by atoms with E-state index in [1.54, 1.807) is 0 Å². The number of aliphatic hydroxyl groups is 3. The van der Waals surface area contributed by atoms with Gasteiger partial charge in [-0.3, -0.25) is 0 Å². The summed E-state index contributed by atoms with van der Waals surface area (Å²) in [5, 5.41) is 27.7. The van der Waals surface area contributed by atoms with E-state index in [4.69, 9.17) is 10.2 Å². The third-order valence-corrected chi connectivity index (χ3v) is 4.74. The van der Waals surface area contributed by atoms with Gasteiger partial charge in [0, 0.05) is 0 Å². The summed E-state index contributed by atoms with van der Waals surface area (Å²) in [7, 11) is 0. The minimum atomic E-state index is -1.28. The Hall–Kier alpha value is -0.380. The van der Waals surface area contributed by atoms with Gasteiger partial charge >= 0.3 is 0 Å². The average molecular weight is 343 g/mol. The second-order valence-electron chi connectivity index (χ2n) is 7.23. The van der Waals surface area contributed by atoms with Crippen LogP contribution in [0.2, 0.25) is 0 Å². The van der Waals surface area contributed by atoms with E-state index in [2.05, 4.69) is 19.1 Å². The lowest BCUT2D eigenvalue weighted by molar-refractivity contribution is -0.0616. The van der Waals surface area contributed by atoms with Gasteiger partial charge in [-0.15, -0.1) is 0 Å². The van der Waals surface area contributed by atoms with Crippen LogP contribution in [0.4, 0.5) is 0 Å². The highest BCUT2D eigenvalue weighted by Crippen LogP contribution is 2.16. The number of rotatable bonds is 18. The lowest BCUT2D eigenvalue weighted by Crippen LogP contribution is -2.37. The van der Waals surface area contributed by atoms with E-state index in [0.29, 0.717) is 6.42 Å². The van der Waals surface area contributed by atoms with Crippen molar-refractivity contribution >= 4 is 0 Å². The van der Waals surface area contributed by atoms with Gasteiger partial charge in [-0.2, -0.15) is 0 Å². The number of aliphatic hydroxyl groups excluding tert-OH is 2. The minimum absolute atomic E-state index is 0.353. The van der Waals surface area contributed by atoms with Crippen LogP contribution in [0.15, 0.2) is 12.2 Å². The molecule has 0 spiro atoms. The van der Waals surface area contributed by atoms with Crippen molar-refractivity contribution < 1.29 is 15.3 Å². The highest BCUT2D eigenvalue weighted by Gasteiger charge is 2.23. The van der Waals surface area contributed by atoms with Crippen LogP contribution in [-0.4, -0.2) is 34.1 Å². The third kappa shape index (κ3) is 15.2. The Labute approximate surface area is 150 Å². The van der Waals surface area contributed by atoms with Crippen LogP contribution in [0.25, 0.3) is 0 Å². The molecule has 0 aliphatic heterocycles. The fraction of sp³-hybridized carbons (Fsp3) is 0.905. The van der Waals surface area contributed by atoms with E-state index < -0.39 is 5.60 Å². The molecule has 3 heteroatoms. The summed E-state index contributed by atoms with van der Waals surface area (Å²) in [5.41, 5.74) is -1.28.